The van der Waals surface area contributed by atoms with Gasteiger partial charge in [0.25, 0.3) is 0 Å². The van der Waals surface area contributed by atoms with Gasteiger partial charge in [0.05, 0.1) is 16.0 Å². The van der Waals surface area contributed by atoms with Crippen LogP contribution in [0.3, 0.4) is 0 Å². The van der Waals surface area contributed by atoms with Gasteiger partial charge in [0.15, 0.2) is 10.9 Å². The summed E-state index contributed by atoms with van der Waals surface area (Å²) in [5.41, 5.74) is 0.828. The fraction of sp³-hybridized carbons (Fsp3) is 0.353. The molecule has 0 radical (unpaired) electrons. The van der Waals surface area contributed by atoms with Crippen molar-refractivity contribution < 1.29 is 14.0 Å². The second kappa shape index (κ2) is 5.85. The number of aromatic nitrogens is 1. The van der Waals surface area contributed by atoms with E-state index < -0.39 is 5.41 Å². The number of nitrogens with zero attached hydrogens (tertiary/aromatic N) is 1. The van der Waals surface area contributed by atoms with E-state index in [1.54, 1.807) is 19.1 Å². The molecular formula is C17H17FN2O2S. The van der Waals surface area contributed by atoms with E-state index in [4.69, 9.17) is 0 Å². The molecule has 1 amide bonds. The fourth-order valence-corrected chi connectivity index (χ4v) is 3.80. The van der Waals surface area contributed by atoms with Crippen molar-refractivity contribution in [3.63, 3.8) is 0 Å². The average molecular weight is 332 g/mol. The van der Waals surface area contributed by atoms with Crippen molar-refractivity contribution in [1.29, 1.82) is 0 Å². The summed E-state index contributed by atoms with van der Waals surface area (Å²) >= 11 is 1.19. The van der Waals surface area contributed by atoms with Crippen molar-refractivity contribution >= 4 is 28.2 Å². The molecule has 0 bridgehead atoms. The molecule has 23 heavy (non-hydrogen) atoms. The molecule has 1 aliphatic rings. The van der Waals surface area contributed by atoms with Gasteiger partial charge in [-0.1, -0.05) is 29.9 Å². The van der Waals surface area contributed by atoms with Crippen LogP contribution in [-0.4, -0.2) is 16.7 Å². The van der Waals surface area contributed by atoms with Crippen LogP contribution in [0, 0.1) is 12.7 Å². The van der Waals surface area contributed by atoms with Gasteiger partial charge >= 0.3 is 0 Å². The first-order chi connectivity index (χ1) is 10.9. The van der Waals surface area contributed by atoms with Crippen molar-refractivity contribution in [2.75, 3.05) is 5.32 Å². The smallest absolute Gasteiger partial charge is 0.236 e. The summed E-state index contributed by atoms with van der Waals surface area (Å²) in [5, 5.41) is 3.27. The summed E-state index contributed by atoms with van der Waals surface area (Å²) in [6.07, 6.45) is 2.42. The Morgan fingerprint density at radius 2 is 1.91 bits per heavy atom. The van der Waals surface area contributed by atoms with E-state index in [0.717, 1.165) is 24.8 Å². The lowest BCUT2D eigenvalue weighted by Crippen LogP contribution is -2.46. The summed E-state index contributed by atoms with van der Waals surface area (Å²) in [4.78, 5) is 29.1. The maximum Gasteiger partial charge on any atom is 0.236 e. The van der Waals surface area contributed by atoms with Gasteiger partial charge in [-0.3, -0.25) is 9.59 Å². The van der Waals surface area contributed by atoms with Crippen LogP contribution in [0.2, 0.25) is 0 Å². The van der Waals surface area contributed by atoms with Crippen molar-refractivity contribution in [2.24, 2.45) is 0 Å². The molecule has 0 saturated heterocycles. The molecular weight excluding hydrogens is 315 g/mol. The lowest BCUT2D eigenvalue weighted by Gasteiger charge is -2.40. The SMILES string of the molecule is CC(=O)c1sc(NC(=O)C2(c3ccc(F)cc3)CCC2)nc1C. The van der Waals surface area contributed by atoms with E-state index in [0.29, 0.717) is 15.7 Å². The highest BCUT2D eigenvalue weighted by atomic mass is 32.1. The number of anilines is 1. The molecule has 1 heterocycles. The minimum atomic E-state index is -0.621. The Balaban J connectivity index is 1.85. The average Bonchev–Trinajstić information content (AvgIpc) is 2.80. The molecule has 1 aliphatic carbocycles. The first kappa shape index (κ1) is 15.8. The highest BCUT2D eigenvalue weighted by Crippen LogP contribution is 2.44. The Morgan fingerprint density at radius 3 is 2.39 bits per heavy atom. The standard InChI is InChI=1S/C17H17FN2O2S/c1-10-14(11(2)21)23-16(19-10)20-15(22)17(8-3-9-17)12-4-6-13(18)7-5-12/h4-7H,3,8-9H2,1-2H3,(H,19,20,22). The van der Waals surface area contributed by atoms with Crippen LogP contribution in [0.25, 0.3) is 0 Å². The normalized spacial score (nSPS) is 15.8. The number of carbonyl (C=O) groups excluding carboxylic acids is 2. The maximum absolute atomic E-state index is 13.1. The largest absolute Gasteiger partial charge is 0.301 e. The third kappa shape index (κ3) is 2.79. The molecule has 0 atom stereocenters. The number of rotatable bonds is 4. The summed E-state index contributed by atoms with van der Waals surface area (Å²) in [6, 6.07) is 6.10. The van der Waals surface area contributed by atoms with Crippen LogP contribution < -0.4 is 5.32 Å². The van der Waals surface area contributed by atoms with E-state index in [1.807, 2.05) is 0 Å². The van der Waals surface area contributed by atoms with E-state index in [-0.39, 0.29) is 17.5 Å². The van der Waals surface area contributed by atoms with E-state index in [9.17, 15) is 14.0 Å². The number of ketones is 1. The topological polar surface area (TPSA) is 59.1 Å². The van der Waals surface area contributed by atoms with Crippen molar-refractivity contribution in [1.82, 2.24) is 4.98 Å². The van der Waals surface area contributed by atoms with Crippen LogP contribution in [0.4, 0.5) is 9.52 Å². The number of hydrogen-bond donors (Lipinski definition) is 1. The number of amides is 1. The maximum atomic E-state index is 13.1. The van der Waals surface area contributed by atoms with Crippen molar-refractivity contribution in [3.8, 4) is 0 Å². The predicted molar refractivity (Wildman–Crippen MR) is 87.4 cm³/mol. The third-order valence-corrected chi connectivity index (χ3v) is 5.55. The molecule has 4 nitrogen and oxygen atoms in total. The molecule has 0 unspecified atom stereocenters. The molecule has 1 saturated carbocycles. The summed E-state index contributed by atoms with van der Waals surface area (Å²) < 4.78 is 13.1. The zero-order valence-corrected chi connectivity index (χ0v) is 13.8. The Hall–Kier alpha value is -2.08. The van der Waals surface area contributed by atoms with E-state index >= 15 is 0 Å². The number of benzene rings is 1. The van der Waals surface area contributed by atoms with Crippen LogP contribution in [0.15, 0.2) is 24.3 Å². The van der Waals surface area contributed by atoms with E-state index in [1.165, 1.54) is 30.4 Å². The minimum absolute atomic E-state index is 0.0580. The monoisotopic (exact) mass is 332 g/mol. The molecule has 0 aliphatic heterocycles. The van der Waals surface area contributed by atoms with Crippen LogP contribution in [-0.2, 0) is 10.2 Å². The fourth-order valence-electron chi connectivity index (χ4n) is 2.94. The summed E-state index contributed by atoms with van der Waals surface area (Å²) in [5.74, 6) is -0.512. The number of thiazole rings is 1. The molecule has 120 valence electrons. The number of halogens is 1. The molecule has 1 aromatic heterocycles. The van der Waals surface area contributed by atoms with E-state index in [2.05, 4.69) is 10.3 Å². The van der Waals surface area contributed by atoms with Gasteiger partial charge in [-0.2, -0.15) is 0 Å². The van der Waals surface area contributed by atoms with Crippen LogP contribution in [0.5, 0.6) is 0 Å². The van der Waals surface area contributed by atoms with Crippen LogP contribution >= 0.6 is 11.3 Å². The lowest BCUT2D eigenvalue weighted by molar-refractivity contribution is -0.124. The number of carbonyl (C=O) groups is 2. The van der Waals surface area contributed by atoms with Crippen molar-refractivity contribution in [2.45, 2.75) is 38.5 Å². The minimum Gasteiger partial charge on any atom is -0.301 e. The summed E-state index contributed by atoms with van der Waals surface area (Å²) in [6.45, 7) is 3.24. The Bertz CT molecular complexity index is 763. The van der Waals surface area contributed by atoms with Gasteiger partial charge in [0, 0.05) is 6.92 Å². The Labute approximate surface area is 137 Å². The molecule has 3 rings (SSSR count). The quantitative estimate of drug-likeness (QED) is 0.865. The second-order valence-corrected chi connectivity index (χ2v) is 6.89. The van der Waals surface area contributed by atoms with Gasteiger partial charge in [0.1, 0.15) is 5.82 Å². The first-order valence-electron chi connectivity index (χ1n) is 7.48. The number of hydrogen-bond acceptors (Lipinski definition) is 4. The Morgan fingerprint density at radius 1 is 1.26 bits per heavy atom. The highest BCUT2D eigenvalue weighted by molar-refractivity contribution is 7.17. The molecule has 1 N–H and O–H groups in total. The molecule has 2 aromatic rings. The number of aryl methyl sites for hydroxylation is 1. The van der Waals surface area contributed by atoms with Crippen molar-refractivity contribution in [3.05, 3.63) is 46.2 Å². The lowest BCUT2D eigenvalue weighted by atomic mass is 9.64. The Kier molecular flexibility index (Phi) is 4.02. The first-order valence-corrected chi connectivity index (χ1v) is 8.30. The highest BCUT2D eigenvalue weighted by Gasteiger charge is 2.45. The van der Waals surface area contributed by atoms with Gasteiger partial charge in [-0.15, -0.1) is 0 Å². The molecule has 1 fully saturated rings. The zero-order valence-electron chi connectivity index (χ0n) is 13.0. The second-order valence-electron chi connectivity index (χ2n) is 5.89. The van der Waals surface area contributed by atoms with Gasteiger partial charge in [-0.25, -0.2) is 9.37 Å². The zero-order chi connectivity index (χ0) is 16.6. The molecule has 1 aromatic carbocycles. The number of Topliss-reactive ketones (excluding diaryl/α,β-unsaturated/α-hetero) is 1. The van der Waals surface area contributed by atoms with Crippen LogP contribution in [0.1, 0.15) is 47.1 Å². The number of nitrogens with one attached hydrogen (secondary N) is 1. The predicted octanol–water partition coefficient (Wildman–Crippen LogP) is 3.85. The van der Waals surface area contributed by atoms with Gasteiger partial charge in [0.2, 0.25) is 5.91 Å². The molecule has 0 spiro atoms. The molecule has 6 heteroatoms. The third-order valence-electron chi connectivity index (χ3n) is 4.38. The summed E-state index contributed by atoms with van der Waals surface area (Å²) in [7, 11) is 0. The van der Waals surface area contributed by atoms with Gasteiger partial charge in [-0.05, 0) is 37.5 Å². The van der Waals surface area contributed by atoms with Gasteiger partial charge < -0.3 is 5.32 Å².